The first-order valence-corrected chi connectivity index (χ1v) is 12.4. The number of unbranched alkanes of at least 4 members (excludes halogenated alkanes) is 3. The van der Waals surface area contributed by atoms with Gasteiger partial charge < -0.3 is 0 Å². The van der Waals surface area contributed by atoms with Gasteiger partial charge in [0.15, 0.2) is 0 Å². The molecule has 0 aliphatic carbocycles. The van der Waals surface area contributed by atoms with Gasteiger partial charge in [-0.15, -0.1) is 0 Å². The van der Waals surface area contributed by atoms with Gasteiger partial charge in [-0.3, -0.25) is 9.55 Å². The molecule has 0 aromatic rings. The second-order valence-electron chi connectivity index (χ2n) is 6.34. The molecule has 5 unspecified atom stereocenters. The van der Waals surface area contributed by atoms with E-state index in [0.29, 0.717) is 16.9 Å². The van der Waals surface area contributed by atoms with E-state index in [0.717, 1.165) is 12.3 Å². The van der Waals surface area contributed by atoms with Crippen molar-refractivity contribution in [3.63, 3.8) is 0 Å². The van der Waals surface area contributed by atoms with Crippen LogP contribution in [0.3, 0.4) is 0 Å². The summed E-state index contributed by atoms with van der Waals surface area (Å²) >= 11 is 1.77. The number of aliphatic imine (C=N–C) groups is 1. The highest BCUT2D eigenvalue weighted by atomic mass is 32.2. The standard InChI is InChI=1S/C15H29NO3S3/c1-3-4-5-6-7-14(21-9-8-16-11-21)13-10-15(12(2)20-13)22(17,18)19/h11-15,21H,3-10H2,1-2H3,(H,17,18,19). The zero-order chi connectivity index (χ0) is 16.2. The Morgan fingerprint density at radius 1 is 1.41 bits per heavy atom. The van der Waals surface area contributed by atoms with E-state index in [-0.39, 0.29) is 16.1 Å². The van der Waals surface area contributed by atoms with Crippen molar-refractivity contribution >= 4 is 38.3 Å². The normalized spacial score (nSPS) is 35.0. The van der Waals surface area contributed by atoms with E-state index >= 15 is 0 Å². The fourth-order valence-electron chi connectivity index (χ4n) is 3.44. The summed E-state index contributed by atoms with van der Waals surface area (Å²) in [5.74, 6) is 1.16. The molecule has 2 heterocycles. The number of thioether (sulfide) groups is 1. The van der Waals surface area contributed by atoms with E-state index in [9.17, 15) is 13.0 Å². The summed E-state index contributed by atoms with van der Waals surface area (Å²) in [6.45, 7) is 5.09. The maximum Gasteiger partial charge on any atom is 0.268 e. The molecule has 4 nitrogen and oxygen atoms in total. The lowest BCUT2D eigenvalue weighted by Crippen LogP contribution is -2.28. The van der Waals surface area contributed by atoms with Crippen LogP contribution in [0.15, 0.2) is 4.99 Å². The summed E-state index contributed by atoms with van der Waals surface area (Å²) in [7, 11) is -4.12. The molecule has 130 valence electrons. The number of nitrogens with zero attached hydrogens (tertiary/aromatic N) is 1. The van der Waals surface area contributed by atoms with Gasteiger partial charge in [-0.2, -0.15) is 20.2 Å². The SMILES string of the molecule is CCCCCCC(C1CC(S(=O)(=O)O)C(C)S1)[SH]1C=NCC1. The first-order valence-electron chi connectivity index (χ1n) is 8.31. The fourth-order valence-corrected chi connectivity index (χ4v) is 9.62. The van der Waals surface area contributed by atoms with Crippen molar-refractivity contribution < 1.29 is 13.0 Å². The molecule has 1 fully saturated rings. The van der Waals surface area contributed by atoms with Gasteiger partial charge in [0.05, 0.1) is 5.25 Å². The van der Waals surface area contributed by atoms with Crippen molar-refractivity contribution in [2.45, 2.75) is 73.4 Å². The molecule has 2 aliphatic rings. The highest BCUT2D eigenvalue weighted by molar-refractivity contribution is 8.29. The van der Waals surface area contributed by atoms with E-state index in [1.54, 1.807) is 11.8 Å². The van der Waals surface area contributed by atoms with Crippen molar-refractivity contribution in [1.82, 2.24) is 0 Å². The molecule has 22 heavy (non-hydrogen) atoms. The Morgan fingerprint density at radius 3 is 2.73 bits per heavy atom. The Labute approximate surface area is 142 Å². The van der Waals surface area contributed by atoms with Gasteiger partial charge in [0, 0.05) is 27.8 Å². The van der Waals surface area contributed by atoms with Crippen LogP contribution in [0, 0.1) is 0 Å². The zero-order valence-corrected chi connectivity index (χ0v) is 16.0. The molecule has 0 saturated carbocycles. The molecule has 5 atom stereocenters. The quantitative estimate of drug-likeness (QED) is 0.391. The van der Waals surface area contributed by atoms with Crippen LogP contribution in [0.4, 0.5) is 0 Å². The van der Waals surface area contributed by atoms with Crippen LogP contribution < -0.4 is 0 Å². The highest BCUT2D eigenvalue weighted by Crippen LogP contribution is 2.48. The third kappa shape index (κ3) is 4.89. The molecule has 1 N–H and O–H groups in total. The van der Waals surface area contributed by atoms with Crippen molar-refractivity contribution in [2.75, 3.05) is 12.3 Å². The number of hydrogen-bond donors (Lipinski definition) is 2. The molecule has 0 aromatic heterocycles. The van der Waals surface area contributed by atoms with Gasteiger partial charge >= 0.3 is 0 Å². The molecule has 0 aromatic carbocycles. The maximum absolute atomic E-state index is 11.6. The van der Waals surface area contributed by atoms with E-state index in [1.165, 1.54) is 32.1 Å². The van der Waals surface area contributed by atoms with Crippen LogP contribution in [0.1, 0.15) is 52.4 Å². The van der Waals surface area contributed by atoms with Gasteiger partial charge in [-0.05, 0) is 18.6 Å². The van der Waals surface area contributed by atoms with Crippen LogP contribution in [-0.2, 0) is 10.1 Å². The topological polar surface area (TPSA) is 66.7 Å². The molecule has 0 bridgehead atoms. The predicted molar refractivity (Wildman–Crippen MR) is 101 cm³/mol. The molecule has 2 aliphatic heterocycles. The summed E-state index contributed by atoms with van der Waals surface area (Å²) < 4.78 is 32.5. The minimum atomic E-state index is -3.92. The van der Waals surface area contributed by atoms with Gasteiger partial charge in [-0.1, -0.05) is 39.5 Å². The Hall–Kier alpha value is 0.280. The molecular weight excluding hydrogens is 338 g/mol. The smallest absolute Gasteiger partial charge is 0.268 e. The van der Waals surface area contributed by atoms with Crippen LogP contribution in [-0.4, -0.2) is 51.8 Å². The third-order valence-electron chi connectivity index (χ3n) is 4.69. The first-order chi connectivity index (χ1) is 10.4. The largest absolute Gasteiger partial charge is 0.287 e. The van der Waals surface area contributed by atoms with Crippen molar-refractivity contribution in [3.05, 3.63) is 0 Å². The second kappa shape index (κ2) is 8.40. The monoisotopic (exact) mass is 367 g/mol. The lowest BCUT2D eigenvalue weighted by atomic mass is 10.1. The Balaban J connectivity index is 2.00. The number of thiol groups is 1. The van der Waals surface area contributed by atoms with Crippen molar-refractivity contribution in [3.8, 4) is 0 Å². The van der Waals surface area contributed by atoms with Crippen LogP contribution in [0.25, 0.3) is 0 Å². The predicted octanol–water partition coefficient (Wildman–Crippen LogP) is 3.52. The van der Waals surface area contributed by atoms with Gasteiger partial charge in [-0.25, -0.2) is 10.9 Å². The lowest BCUT2D eigenvalue weighted by Gasteiger charge is -2.30. The Bertz CT molecular complexity index is 480. The average molecular weight is 368 g/mol. The number of hydrogen-bond acceptors (Lipinski definition) is 4. The van der Waals surface area contributed by atoms with E-state index < -0.39 is 15.4 Å². The van der Waals surface area contributed by atoms with Crippen molar-refractivity contribution in [1.29, 1.82) is 0 Å². The van der Waals surface area contributed by atoms with E-state index in [1.807, 2.05) is 6.92 Å². The first kappa shape index (κ1) is 18.6. The maximum atomic E-state index is 11.6. The summed E-state index contributed by atoms with van der Waals surface area (Å²) in [6, 6.07) is 0. The summed E-state index contributed by atoms with van der Waals surface area (Å²) in [6.07, 6.45) is 6.80. The van der Waals surface area contributed by atoms with Gasteiger partial charge in [0.2, 0.25) is 0 Å². The van der Waals surface area contributed by atoms with Gasteiger partial charge in [0.1, 0.15) is 0 Å². The van der Waals surface area contributed by atoms with Crippen molar-refractivity contribution in [2.24, 2.45) is 4.99 Å². The molecule has 2 rings (SSSR count). The van der Waals surface area contributed by atoms with Crippen LogP contribution >= 0.6 is 22.7 Å². The van der Waals surface area contributed by atoms with Crippen LogP contribution in [0.5, 0.6) is 0 Å². The molecule has 0 spiro atoms. The number of rotatable bonds is 8. The molecule has 0 radical (unpaired) electrons. The lowest BCUT2D eigenvalue weighted by molar-refractivity contribution is 0.462. The summed E-state index contributed by atoms with van der Waals surface area (Å²) in [5, 5.41) is 0.333. The fraction of sp³-hybridized carbons (Fsp3) is 0.933. The van der Waals surface area contributed by atoms with Gasteiger partial charge in [0.25, 0.3) is 10.1 Å². The third-order valence-corrected chi connectivity index (χ3v) is 10.7. The van der Waals surface area contributed by atoms with E-state index in [2.05, 4.69) is 17.5 Å². The average Bonchev–Trinajstić information content (AvgIpc) is 3.08. The molecule has 7 heteroatoms. The Morgan fingerprint density at radius 2 is 2.18 bits per heavy atom. The Kier molecular flexibility index (Phi) is 7.11. The second-order valence-corrected chi connectivity index (χ2v) is 12.0. The highest BCUT2D eigenvalue weighted by Gasteiger charge is 2.43. The molecular formula is C15H29NO3S3. The summed E-state index contributed by atoms with van der Waals surface area (Å²) in [5.41, 5.74) is 2.16. The molecule has 1 saturated heterocycles. The summed E-state index contributed by atoms with van der Waals surface area (Å²) in [4.78, 5) is 4.42. The minimum absolute atomic E-state index is 0.00677. The van der Waals surface area contributed by atoms with Crippen LogP contribution in [0.2, 0.25) is 0 Å². The van der Waals surface area contributed by atoms with E-state index in [4.69, 9.17) is 0 Å². The zero-order valence-electron chi connectivity index (χ0n) is 13.5. The minimum Gasteiger partial charge on any atom is -0.287 e. The molecule has 0 amide bonds.